The molecule has 5 heteroatoms. The predicted molar refractivity (Wildman–Crippen MR) is 142 cm³/mol. The summed E-state index contributed by atoms with van der Waals surface area (Å²) in [6.07, 6.45) is 11.7. The molecule has 35 heavy (non-hydrogen) atoms. The number of rotatable bonds is 15. The van der Waals surface area contributed by atoms with Gasteiger partial charge in [0, 0.05) is 23.5 Å². The van der Waals surface area contributed by atoms with Gasteiger partial charge in [-0.3, -0.25) is 0 Å². The Labute approximate surface area is 209 Å². The van der Waals surface area contributed by atoms with E-state index in [9.17, 15) is 4.39 Å². The molecule has 1 aromatic heterocycles. The fourth-order valence-corrected chi connectivity index (χ4v) is 3.69. The van der Waals surface area contributed by atoms with Gasteiger partial charge in [-0.1, -0.05) is 71.4 Å². The number of halogens is 1. The minimum Gasteiger partial charge on any atom is -0.494 e. The number of alkyl halides is 1. The molecule has 0 amide bonds. The second-order valence-electron chi connectivity index (χ2n) is 9.38. The maximum Gasteiger partial charge on any atom is 0.159 e. The van der Waals surface area contributed by atoms with Crippen molar-refractivity contribution in [2.24, 2.45) is 5.92 Å². The lowest BCUT2D eigenvalue weighted by atomic mass is 10.1. The van der Waals surface area contributed by atoms with E-state index in [-0.39, 0.29) is 12.5 Å². The normalized spacial score (nSPS) is 12.0. The van der Waals surface area contributed by atoms with Crippen LogP contribution in [0.25, 0.3) is 22.5 Å². The smallest absolute Gasteiger partial charge is 0.159 e. The monoisotopic (exact) mass is 478 g/mol. The Bertz CT molecular complexity index is 973. The molecule has 1 unspecified atom stereocenters. The largest absolute Gasteiger partial charge is 0.494 e. The van der Waals surface area contributed by atoms with E-state index in [0.29, 0.717) is 11.6 Å². The van der Waals surface area contributed by atoms with Gasteiger partial charge in [0.05, 0.1) is 6.61 Å². The van der Waals surface area contributed by atoms with Crippen LogP contribution < -0.4 is 9.47 Å². The molecule has 0 saturated carbocycles. The average Bonchev–Trinajstić information content (AvgIpc) is 2.89. The van der Waals surface area contributed by atoms with Gasteiger partial charge in [-0.25, -0.2) is 14.4 Å². The lowest BCUT2D eigenvalue weighted by Crippen LogP contribution is -2.18. The summed E-state index contributed by atoms with van der Waals surface area (Å²) >= 11 is 0. The Morgan fingerprint density at radius 1 is 0.686 bits per heavy atom. The van der Waals surface area contributed by atoms with Gasteiger partial charge in [0.1, 0.15) is 24.3 Å². The van der Waals surface area contributed by atoms with Gasteiger partial charge in [-0.15, -0.1) is 0 Å². The van der Waals surface area contributed by atoms with E-state index >= 15 is 0 Å². The topological polar surface area (TPSA) is 44.2 Å². The third-order valence-electron chi connectivity index (χ3n) is 6.10. The number of hydrogen-bond acceptors (Lipinski definition) is 4. The molecule has 0 bridgehead atoms. The molecule has 2 aromatic carbocycles. The molecule has 0 radical (unpaired) electrons. The Balaban J connectivity index is 1.46. The Morgan fingerprint density at radius 2 is 1.23 bits per heavy atom. The fourth-order valence-electron chi connectivity index (χ4n) is 3.69. The molecule has 0 fully saturated rings. The molecule has 4 nitrogen and oxygen atoms in total. The summed E-state index contributed by atoms with van der Waals surface area (Å²) in [6, 6.07) is 15.5. The molecular formula is C30H39FN2O2. The van der Waals surface area contributed by atoms with Gasteiger partial charge in [-0.05, 0) is 54.3 Å². The van der Waals surface area contributed by atoms with E-state index in [1.807, 2.05) is 74.8 Å². The maximum atomic E-state index is 13.7. The van der Waals surface area contributed by atoms with E-state index in [2.05, 4.69) is 16.9 Å². The number of unbranched alkanes of at least 4 members (excludes halogenated alkanes) is 6. The summed E-state index contributed by atoms with van der Waals surface area (Å²) < 4.78 is 25.2. The van der Waals surface area contributed by atoms with Crippen molar-refractivity contribution in [1.29, 1.82) is 0 Å². The van der Waals surface area contributed by atoms with Crippen molar-refractivity contribution in [3.05, 3.63) is 60.9 Å². The SMILES string of the molecule is CCCCCCCCCOc1ccc(-c2cnc(-c3ccc(OCC(F)C(C)C)cc3)nc2)cc1. The van der Waals surface area contributed by atoms with Gasteiger partial charge in [0.25, 0.3) is 0 Å². The first-order chi connectivity index (χ1) is 17.1. The number of hydrogen-bond donors (Lipinski definition) is 0. The average molecular weight is 479 g/mol. The lowest BCUT2D eigenvalue weighted by Gasteiger charge is -2.13. The van der Waals surface area contributed by atoms with Crippen LogP contribution in [0.2, 0.25) is 0 Å². The van der Waals surface area contributed by atoms with E-state index < -0.39 is 6.17 Å². The molecule has 3 aromatic rings. The van der Waals surface area contributed by atoms with Gasteiger partial charge in [0.15, 0.2) is 5.82 Å². The zero-order chi connectivity index (χ0) is 24.9. The first kappa shape index (κ1) is 26.7. The predicted octanol–water partition coefficient (Wildman–Crippen LogP) is 8.31. The summed E-state index contributed by atoms with van der Waals surface area (Å²) in [5.41, 5.74) is 2.89. The van der Waals surface area contributed by atoms with Gasteiger partial charge >= 0.3 is 0 Å². The van der Waals surface area contributed by atoms with Gasteiger partial charge in [0.2, 0.25) is 0 Å². The summed E-state index contributed by atoms with van der Waals surface area (Å²) in [5.74, 6) is 2.12. The van der Waals surface area contributed by atoms with Crippen molar-refractivity contribution in [1.82, 2.24) is 9.97 Å². The minimum atomic E-state index is -0.976. The Morgan fingerprint density at radius 3 is 1.83 bits per heavy atom. The van der Waals surface area contributed by atoms with Crippen LogP contribution in [-0.2, 0) is 0 Å². The minimum absolute atomic E-state index is 0.0557. The van der Waals surface area contributed by atoms with Crippen molar-refractivity contribution in [3.63, 3.8) is 0 Å². The molecule has 0 N–H and O–H groups in total. The highest BCUT2D eigenvalue weighted by atomic mass is 19.1. The van der Waals surface area contributed by atoms with E-state index in [0.717, 1.165) is 35.5 Å². The Kier molecular flexibility index (Phi) is 11.0. The molecule has 1 atom stereocenters. The highest BCUT2D eigenvalue weighted by molar-refractivity contribution is 5.64. The molecular weight excluding hydrogens is 439 g/mol. The van der Waals surface area contributed by atoms with Crippen LogP contribution in [0.4, 0.5) is 4.39 Å². The summed E-state index contributed by atoms with van der Waals surface area (Å²) in [6.45, 7) is 6.76. The molecule has 0 aliphatic rings. The Hall–Kier alpha value is -2.95. The van der Waals surface area contributed by atoms with Gasteiger partial charge in [-0.2, -0.15) is 0 Å². The molecule has 1 heterocycles. The van der Waals surface area contributed by atoms with Crippen molar-refractivity contribution in [2.45, 2.75) is 71.9 Å². The lowest BCUT2D eigenvalue weighted by molar-refractivity contribution is 0.155. The van der Waals surface area contributed by atoms with E-state index in [1.165, 1.54) is 38.5 Å². The fraction of sp³-hybridized carbons (Fsp3) is 0.467. The standard InChI is InChI=1S/C30H39FN2O2/c1-4-5-6-7-8-9-10-19-34-27-15-11-24(12-16-27)26-20-32-30(33-21-26)25-13-17-28(18-14-25)35-22-29(31)23(2)3/h11-18,20-21,23,29H,4-10,19,22H2,1-3H3. The number of nitrogens with zero attached hydrogens (tertiary/aromatic N) is 2. The number of aromatic nitrogens is 2. The van der Waals surface area contributed by atoms with Crippen LogP contribution in [0.1, 0.15) is 65.7 Å². The molecule has 0 aliphatic carbocycles. The summed E-state index contributed by atoms with van der Waals surface area (Å²) in [5, 5.41) is 0. The quantitative estimate of drug-likeness (QED) is 0.206. The van der Waals surface area contributed by atoms with Crippen LogP contribution in [-0.4, -0.2) is 29.4 Å². The first-order valence-corrected chi connectivity index (χ1v) is 13.0. The van der Waals surface area contributed by atoms with Crippen LogP contribution in [0.15, 0.2) is 60.9 Å². The van der Waals surface area contributed by atoms with Crippen LogP contribution in [0.3, 0.4) is 0 Å². The highest BCUT2D eigenvalue weighted by Crippen LogP contribution is 2.24. The van der Waals surface area contributed by atoms with Crippen molar-refractivity contribution < 1.29 is 13.9 Å². The van der Waals surface area contributed by atoms with E-state index in [4.69, 9.17) is 9.47 Å². The third kappa shape index (κ3) is 8.97. The number of benzene rings is 2. The van der Waals surface area contributed by atoms with Crippen molar-refractivity contribution >= 4 is 0 Å². The zero-order valence-electron chi connectivity index (χ0n) is 21.4. The molecule has 0 saturated heterocycles. The van der Waals surface area contributed by atoms with Crippen molar-refractivity contribution in [2.75, 3.05) is 13.2 Å². The van der Waals surface area contributed by atoms with E-state index in [1.54, 1.807) is 0 Å². The van der Waals surface area contributed by atoms with Crippen LogP contribution in [0, 0.1) is 5.92 Å². The molecule has 0 aliphatic heterocycles. The third-order valence-corrected chi connectivity index (χ3v) is 6.10. The summed E-state index contributed by atoms with van der Waals surface area (Å²) in [7, 11) is 0. The van der Waals surface area contributed by atoms with Crippen molar-refractivity contribution in [3.8, 4) is 34.0 Å². The molecule has 3 rings (SSSR count). The molecule has 0 spiro atoms. The summed E-state index contributed by atoms with van der Waals surface area (Å²) in [4.78, 5) is 9.06. The zero-order valence-corrected chi connectivity index (χ0v) is 21.4. The first-order valence-electron chi connectivity index (χ1n) is 13.0. The van der Waals surface area contributed by atoms with Crippen LogP contribution in [0.5, 0.6) is 11.5 Å². The highest BCUT2D eigenvalue weighted by Gasteiger charge is 2.12. The second kappa shape index (κ2) is 14.4. The maximum absolute atomic E-state index is 13.7. The molecule has 188 valence electrons. The number of ether oxygens (including phenoxy) is 2. The van der Waals surface area contributed by atoms with Gasteiger partial charge < -0.3 is 9.47 Å². The second-order valence-corrected chi connectivity index (χ2v) is 9.38. The van der Waals surface area contributed by atoms with Crippen LogP contribution >= 0.6 is 0 Å².